The number of benzene rings is 2. The molecule has 2 aromatic heterocycles. The number of nitrogens with one attached hydrogen (secondary N) is 1. The van der Waals surface area contributed by atoms with Crippen LogP contribution in [0.25, 0.3) is 0 Å². The Morgan fingerprint density at radius 1 is 1.10 bits per heavy atom. The van der Waals surface area contributed by atoms with Crippen LogP contribution < -0.4 is 10.1 Å². The Labute approximate surface area is 189 Å². The molecule has 0 aliphatic rings. The average molecular weight is 504 g/mol. The van der Waals surface area contributed by atoms with E-state index in [1.165, 1.54) is 17.4 Å². The molecule has 0 aliphatic carbocycles. The first-order chi connectivity index (χ1) is 15.0. The summed E-state index contributed by atoms with van der Waals surface area (Å²) in [5.74, 6) is -1.33. The van der Waals surface area contributed by atoms with E-state index in [4.69, 9.17) is 4.74 Å². The SMILES string of the molecule is O=C(Nc1ccn(Cc2ccc(Br)cc2)n1)c1cc(COc2ccc(F)cc2F)cs1. The zero-order valence-electron chi connectivity index (χ0n) is 16.0. The van der Waals surface area contributed by atoms with Crippen LogP contribution in [0.15, 0.2) is 70.6 Å². The number of hydrogen-bond donors (Lipinski definition) is 1. The van der Waals surface area contributed by atoms with Crippen LogP contribution in [0.4, 0.5) is 14.6 Å². The van der Waals surface area contributed by atoms with Gasteiger partial charge in [0.25, 0.3) is 5.91 Å². The molecular weight excluding hydrogens is 488 g/mol. The maximum absolute atomic E-state index is 13.6. The second-order valence-electron chi connectivity index (χ2n) is 6.66. The number of ether oxygens (including phenoxy) is 1. The Balaban J connectivity index is 1.33. The van der Waals surface area contributed by atoms with Crippen LogP contribution in [0.1, 0.15) is 20.8 Å². The van der Waals surface area contributed by atoms with Crippen molar-refractivity contribution in [3.63, 3.8) is 0 Å². The first-order valence-electron chi connectivity index (χ1n) is 9.21. The van der Waals surface area contributed by atoms with Crippen molar-refractivity contribution in [3.8, 4) is 5.75 Å². The largest absolute Gasteiger partial charge is 0.486 e. The Bertz CT molecular complexity index is 1210. The highest BCUT2D eigenvalue weighted by Gasteiger charge is 2.12. The van der Waals surface area contributed by atoms with Gasteiger partial charge in [0.2, 0.25) is 0 Å². The summed E-state index contributed by atoms with van der Waals surface area (Å²) in [5.41, 5.74) is 1.80. The fraction of sp³-hybridized carbons (Fsp3) is 0.0909. The van der Waals surface area contributed by atoms with Crippen molar-refractivity contribution in [2.45, 2.75) is 13.2 Å². The quantitative estimate of drug-likeness (QED) is 0.343. The molecule has 158 valence electrons. The topological polar surface area (TPSA) is 56.2 Å². The van der Waals surface area contributed by atoms with Crippen molar-refractivity contribution in [3.05, 3.63) is 98.3 Å². The molecule has 31 heavy (non-hydrogen) atoms. The monoisotopic (exact) mass is 503 g/mol. The van der Waals surface area contributed by atoms with Crippen LogP contribution in [0, 0.1) is 11.6 Å². The molecule has 4 rings (SSSR count). The summed E-state index contributed by atoms with van der Waals surface area (Å²) in [6.45, 7) is 0.651. The lowest BCUT2D eigenvalue weighted by atomic mass is 10.2. The Morgan fingerprint density at radius 2 is 1.90 bits per heavy atom. The van der Waals surface area contributed by atoms with E-state index in [0.717, 1.165) is 22.2 Å². The standard InChI is InChI=1S/C22H16BrF2N3O2S/c23-16-3-1-14(2-4-16)11-28-8-7-21(27-28)26-22(29)20-9-15(13-31-20)12-30-19-6-5-17(24)10-18(19)25/h1-10,13H,11-12H2,(H,26,27,29). The summed E-state index contributed by atoms with van der Waals surface area (Å²) in [6, 6.07) is 14.4. The molecule has 0 fully saturated rings. The summed E-state index contributed by atoms with van der Waals surface area (Å²) in [6.07, 6.45) is 1.79. The summed E-state index contributed by atoms with van der Waals surface area (Å²) in [7, 11) is 0. The molecule has 0 aliphatic heterocycles. The molecule has 4 aromatic rings. The van der Waals surface area contributed by atoms with E-state index < -0.39 is 11.6 Å². The lowest BCUT2D eigenvalue weighted by Gasteiger charge is -2.05. The third-order valence-electron chi connectivity index (χ3n) is 4.31. The highest BCUT2D eigenvalue weighted by molar-refractivity contribution is 9.10. The molecule has 5 nitrogen and oxygen atoms in total. The van der Waals surface area contributed by atoms with Gasteiger partial charge in [-0.2, -0.15) is 5.10 Å². The van der Waals surface area contributed by atoms with Crippen molar-refractivity contribution >= 4 is 39.0 Å². The van der Waals surface area contributed by atoms with E-state index >= 15 is 0 Å². The number of nitrogens with zero attached hydrogens (tertiary/aromatic N) is 2. The molecule has 2 heterocycles. The van der Waals surface area contributed by atoms with Gasteiger partial charge in [-0.15, -0.1) is 11.3 Å². The van der Waals surface area contributed by atoms with E-state index in [2.05, 4.69) is 26.3 Å². The lowest BCUT2D eigenvalue weighted by molar-refractivity contribution is 0.103. The fourth-order valence-electron chi connectivity index (χ4n) is 2.79. The minimum atomic E-state index is -0.771. The highest BCUT2D eigenvalue weighted by Crippen LogP contribution is 2.22. The van der Waals surface area contributed by atoms with Gasteiger partial charge in [0.1, 0.15) is 12.4 Å². The van der Waals surface area contributed by atoms with E-state index in [1.807, 2.05) is 24.3 Å². The normalized spacial score (nSPS) is 10.8. The molecule has 1 N–H and O–H groups in total. The van der Waals surface area contributed by atoms with Crippen molar-refractivity contribution < 1.29 is 18.3 Å². The van der Waals surface area contributed by atoms with E-state index in [-0.39, 0.29) is 18.3 Å². The molecule has 0 radical (unpaired) electrons. The predicted octanol–water partition coefficient (Wildman–Crippen LogP) is 5.86. The smallest absolute Gasteiger partial charge is 0.266 e. The second-order valence-corrected chi connectivity index (χ2v) is 8.49. The summed E-state index contributed by atoms with van der Waals surface area (Å²) >= 11 is 4.65. The number of carbonyl (C=O) groups excluding carboxylic acids is 1. The number of hydrogen-bond acceptors (Lipinski definition) is 4. The zero-order chi connectivity index (χ0) is 21.8. The summed E-state index contributed by atoms with van der Waals surface area (Å²) < 4.78 is 34.7. The van der Waals surface area contributed by atoms with Gasteiger partial charge in [0, 0.05) is 28.4 Å². The number of anilines is 1. The lowest BCUT2D eigenvalue weighted by Crippen LogP contribution is -2.11. The molecule has 0 saturated heterocycles. The summed E-state index contributed by atoms with van der Waals surface area (Å²) in [5, 5.41) is 8.89. The zero-order valence-corrected chi connectivity index (χ0v) is 18.4. The number of thiophene rings is 1. The molecule has 0 atom stereocenters. The maximum Gasteiger partial charge on any atom is 0.266 e. The van der Waals surface area contributed by atoms with E-state index in [9.17, 15) is 13.6 Å². The molecule has 9 heteroatoms. The van der Waals surface area contributed by atoms with Crippen LogP contribution in [0.2, 0.25) is 0 Å². The third-order valence-corrected chi connectivity index (χ3v) is 5.81. The predicted molar refractivity (Wildman–Crippen MR) is 118 cm³/mol. The highest BCUT2D eigenvalue weighted by atomic mass is 79.9. The Hall–Kier alpha value is -3.04. The molecule has 0 unspecified atom stereocenters. The number of amides is 1. The van der Waals surface area contributed by atoms with Gasteiger partial charge in [-0.3, -0.25) is 9.48 Å². The van der Waals surface area contributed by atoms with Crippen LogP contribution in [-0.2, 0) is 13.2 Å². The van der Waals surface area contributed by atoms with Crippen molar-refractivity contribution in [2.75, 3.05) is 5.32 Å². The van der Waals surface area contributed by atoms with Crippen LogP contribution >= 0.6 is 27.3 Å². The number of carbonyl (C=O) groups is 1. The van der Waals surface area contributed by atoms with Gasteiger partial charge in [-0.1, -0.05) is 28.1 Å². The molecule has 0 bridgehead atoms. The van der Waals surface area contributed by atoms with Crippen molar-refractivity contribution in [1.82, 2.24) is 9.78 Å². The molecule has 1 amide bonds. The molecule has 0 spiro atoms. The Kier molecular flexibility index (Phi) is 6.43. The molecule has 0 saturated carbocycles. The first-order valence-corrected chi connectivity index (χ1v) is 10.9. The number of halogens is 3. The van der Waals surface area contributed by atoms with Gasteiger partial charge in [0.15, 0.2) is 17.4 Å². The first kappa shape index (κ1) is 21.2. The average Bonchev–Trinajstić information content (AvgIpc) is 3.39. The van der Waals surface area contributed by atoms with Crippen LogP contribution in [0.3, 0.4) is 0 Å². The minimum absolute atomic E-state index is 0.0464. The number of rotatable bonds is 7. The maximum atomic E-state index is 13.6. The van der Waals surface area contributed by atoms with E-state index in [1.54, 1.807) is 28.4 Å². The molecule has 2 aromatic carbocycles. The van der Waals surface area contributed by atoms with E-state index in [0.29, 0.717) is 22.8 Å². The fourth-order valence-corrected chi connectivity index (χ4v) is 3.85. The third kappa shape index (κ3) is 5.56. The van der Waals surface area contributed by atoms with Gasteiger partial charge < -0.3 is 10.1 Å². The molecular formula is C22H16BrF2N3O2S. The van der Waals surface area contributed by atoms with Crippen LogP contribution in [-0.4, -0.2) is 15.7 Å². The van der Waals surface area contributed by atoms with Crippen molar-refractivity contribution in [2.24, 2.45) is 0 Å². The van der Waals surface area contributed by atoms with Crippen molar-refractivity contribution in [1.29, 1.82) is 0 Å². The second kappa shape index (κ2) is 9.40. The van der Waals surface area contributed by atoms with Gasteiger partial charge in [-0.05, 0) is 41.3 Å². The van der Waals surface area contributed by atoms with Gasteiger partial charge >= 0.3 is 0 Å². The van der Waals surface area contributed by atoms with Gasteiger partial charge in [0.05, 0.1) is 11.4 Å². The van der Waals surface area contributed by atoms with Crippen LogP contribution in [0.5, 0.6) is 5.75 Å². The minimum Gasteiger partial charge on any atom is -0.486 e. The van der Waals surface area contributed by atoms with Gasteiger partial charge in [-0.25, -0.2) is 8.78 Å². The summed E-state index contributed by atoms with van der Waals surface area (Å²) in [4.78, 5) is 13.0. The Morgan fingerprint density at radius 3 is 2.68 bits per heavy atom. The number of aromatic nitrogens is 2.